The van der Waals surface area contributed by atoms with Crippen molar-refractivity contribution in [3.63, 3.8) is 0 Å². The van der Waals surface area contributed by atoms with E-state index in [4.69, 9.17) is 15.2 Å². The van der Waals surface area contributed by atoms with Crippen molar-refractivity contribution in [3.8, 4) is 0 Å². The van der Waals surface area contributed by atoms with E-state index >= 15 is 0 Å². The molecular formula is C16H25NO2. The van der Waals surface area contributed by atoms with Crippen molar-refractivity contribution in [2.75, 3.05) is 19.8 Å². The summed E-state index contributed by atoms with van der Waals surface area (Å²) >= 11 is 0. The zero-order chi connectivity index (χ0) is 13.5. The lowest BCUT2D eigenvalue weighted by Crippen LogP contribution is -2.42. The molecule has 19 heavy (non-hydrogen) atoms. The molecule has 1 fully saturated rings. The summed E-state index contributed by atoms with van der Waals surface area (Å²) in [6.45, 7) is 4.05. The van der Waals surface area contributed by atoms with Crippen LogP contribution in [0.5, 0.6) is 0 Å². The molecule has 0 heterocycles. The first-order valence-electron chi connectivity index (χ1n) is 7.31. The molecule has 1 aliphatic rings. The molecule has 0 aromatic heterocycles. The highest BCUT2D eigenvalue weighted by atomic mass is 16.5. The Balaban J connectivity index is 1.85. The molecule has 0 radical (unpaired) electrons. The molecule has 0 saturated heterocycles. The van der Waals surface area contributed by atoms with E-state index in [2.05, 4.69) is 30.3 Å². The summed E-state index contributed by atoms with van der Waals surface area (Å²) in [5.74, 6) is 0.582. The Morgan fingerprint density at radius 1 is 1.16 bits per heavy atom. The summed E-state index contributed by atoms with van der Waals surface area (Å²) in [4.78, 5) is 0. The van der Waals surface area contributed by atoms with E-state index in [1.165, 1.54) is 5.56 Å². The molecule has 0 amide bonds. The van der Waals surface area contributed by atoms with Gasteiger partial charge in [0, 0.05) is 12.6 Å². The van der Waals surface area contributed by atoms with E-state index in [9.17, 15) is 0 Å². The first-order valence-corrected chi connectivity index (χ1v) is 7.31. The van der Waals surface area contributed by atoms with Crippen molar-refractivity contribution in [2.24, 2.45) is 5.73 Å². The number of hydrogen-bond donors (Lipinski definition) is 1. The third-order valence-corrected chi connectivity index (χ3v) is 3.88. The number of rotatable bonds is 6. The highest BCUT2D eigenvalue weighted by molar-refractivity contribution is 5.20. The van der Waals surface area contributed by atoms with Gasteiger partial charge in [-0.15, -0.1) is 0 Å². The molecule has 3 unspecified atom stereocenters. The second-order valence-electron chi connectivity index (χ2n) is 5.19. The topological polar surface area (TPSA) is 44.5 Å². The van der Waals surface area contributed by atoms with Crippen LogP contribution >= 0.6 is 0 Å². The lowest BCUT2D eigenvalue weighted by atomic mass is 9.80. The van der Waals surface area contributed by atoms with Gasteiger partial charge in [0.1, 0.15) is 0 Å². The third kappa shape index (κ3) is 4.30. The number of nitrogens with two attached hydrogens (primary N) is 1. The van der Waals surface area contributed by atoms with Crippen molar-refractivity contribution in [2.45, 2.75) is 44.2 Å². The van der Waals surface area contributed by atoms with Gasteiger partial charge in [0.05, 0.1) is 19.3 Å². The Hall–Kier alpha value is -0.900. The number of benzene rings is 1. The van der Waals surface area contributed by atoms with Gasteiger partial charge in [0.2, 0.25) is 0 Å². The molecule has 0 spiro atoms. The van der Waals surface area contributed by atoms with Crippen molar-refractivity contribution >= 4 is 0 Å². The second kappa shape index (κ2) is 7.63. The first-order chi connectivity index (χ1) is 9.31. The number of hydrogen-bond acceptors (Lipinski definition) is 3. The van der Waals surface area contributed by atoms with E-state index in [0.717, 1.165) is 25.9 Å². The normalized spacial score (nSPS) is 27.4. The highest BCUT2D eigenvalue weighted by Crippen LogP contribution is 2.33. The quantitative estimate of drug-likeness (QED) is 0.803. The van der Waals surface area contributed by atoms with E-state index in [-0.39, 0.29) is 12.1 Å². The van der Waals surface area contributed by atoms with Crippen LogP contribution in [0, 0.1) is 0 Å². The molecule has 1 aliphatic carbocycles. The molecule has 3 nitrogen and oxygen atoms in total. The van der Waals surface area contributed by atoms with Crippen LogP contribution in [0.3, 0.4) is 0 Å². The van der Waals surface area contributed by atoms with Crippen molar-refractivity contribution < 1.29 is 9.47 Å². The van der Waals surface area contributed by atoms with Crippen LogP contribution in [-0.2, 0) is 9.47 Å². The first kappa shape index (κ1) is 14.5. The monoisotopic (exact) mass is 263 g/mol. The molecule has 1 aromatic carbocycles. The highest BCUT2D eigenvalue weighted by Gasteiger charge is 2.29. The number of ether oxygens (including phenoxy) is 2. The molecule has 1 aromatic rings. The predicted octanol–water partition coefficient (Wildman–Crippen LogP) is 2.70. The summed E-state index contributed by atoms with van der Waals surface area (Å²) in [5, 5.41) is 0. The van der Waals surface area contributed by atoms with Gasteiger partial charge >= 0.3 is 0 Å². The maximum absolute atomic E-state index is 6.17. The fraction of sp³-hybridized carbons (Fsp3) is 0.625. The Labute approximate surface area is 116 Å². The van der Waals surface area contributed by atoms with E-state index in [0.29, 0.717) is 19.1 Å². The smallest absolute Gasteiger partial charge is 0.0732 e. The summed E-state index contributed by atoms with van der Waals surface area (Å²) < 4.78 is 11.2. The zero-order valence-corrected chi connectivity index (χ0v) is 11.8. The fourth-order valence-electron chi connectivity index (χ4n) is 2.77. The molecule has 2 rings (SSSR count). The predicted molar refractivity (Wildman–Crippen MR) is 77.2 cm³/mol. The molecule has 0 bridgehead atoms. The largest absolute Gasteiger partial charge is 0.379 e. The SMILES string of the molecule is CCOCCOC1CC(c2ccccc2)CCC1N. The minimum absolute atomic E-state index is 0.166. The maximum atomic E-state index is 6.17. The van der Waals surface area contributed by atoms with Crippen molar-refractivity contribution in [1.82, 2.24) is 0 Å². The molecule has 3 heteroatoms. The summed E-state index contributed by atoms with van der Waals surface area (Å²) in [7, 11) is 0. The Morgan fingerprint density at radius 2 is 1.95 bits per heavy atom. The molecule has 0 aliphatic heterocycles. The molecular weight excluding hydrogens is 238 g/mol. The molecule has 3 atom stereocenters. The zero-order valence-electron chi connectivity index (χ0n) is 11.8. The molecule has 106 valence electrons. The fourth-order valence-corrected chi connectivity index (χ4v) is 2.77. The van der Waals surface area contributed by atoms with E-state index in [1.54, 1.807) is 0 Å². The third-order valence-electron chi connectivity index (χ3n) is 3.88. The van der Waals surface area contributed by atoms with Crippen LogP contribution in [0.2, 0.25) is 0 Å². The van der Waals surface area contributed by atoms with E-state index in [1.807, 2.05) is 6.92 Å². The lowest BCUT2D eigenvalue weighted by Gasteiger charge is -2.34. The van der Waals surface area contributed by atoms with Gasteiger partial charge in [0.25, 0.3) is 0 Å². The summed E-state index contributed by atoms with van der Waals surface area (Å²) in [6, 6.07) is 10.9. The van der Waals surface area contributed by atoms with Gasteiger partial charge in [-0.25, -0.2) is 0 Å². The Bertz CT molecular complexity index is 355. The molecule has 2 N–H and O–H groups in total. The van der Waals surface area contributed by atoms with Gasteiger partial charge in [-0.2, -0.15) is 0 Å². The van der Waals surface area contributed by atoms with Crippen LogP contribution in [0.25, 0.3) is 0 Å². The van der Waals surface area contributed by atoms with Crippen LogP contribution in [0.4, 0.5) is 0 Å². The Morgan fingerprint density at radius 3 is 2.68 bits per heavy atom. The van der Waals surface area contributed by atoms with Crippen LogP contribution in [-0.4, -0.2) is 32.0 Å². The van der Waals surface area contributed by atoms with Crippen LogP contribution in [0.1, 0.15) is 37.7 Å². The van der Waals surface area contributed by atoms with Gasteiger partial charge < -0.3 is 15.2 Å². The average Bonchev–Trinajstić information content (AvgIpc) is 2.46. The van der Waals surface area contributed by atoms with Gasteiger partial charge in [-0.1, -0.05) is 30.3 Å². The minimum atomic E-state index is 0.166. The van der Waals surface area contributed by atoms with Gasteiger partial charge in [0.15, 0.2) is 0 Å². The van der Waals surface area contributed by atoms with Crippen molar-refractivity contribution in [1.29, 1.82) is 0 Å². The maximum Gasteiger partial charge on any atom is 0.0732 e. The standard InChI is InChI=1S/C16H25NO2/c1-2-18-10-11-19-16-12-14(8-9-15(16)17)13-6-4-3-5-7-13/h3-7,14-16H,2,8-12,17H2,1H3. The van der Waals surface area contributed by atoms with Gasteiger partial charge in [-0.05, 0) is 37.7 Å². The summed E-state index contributed by atoms with van der Waals surface area (Å²) in [6.07, 6.45) is 3.39. The Kier molecular flexibility index (Phi) is 5.83. The average molecular weight is 263 g/mol. The van der Waals surface area contributed by atoms with Crippen molar-refractivity contribution in [3.05, 3.63) is 35.9 Å². The van der Waals surface area contributed by atoms with Crippen LogP contribution < -0.4 is 5.73 Å². The lowest BCUT2D eigenvalue weighted by molar-refractivity contribution is -0.0208. The summed E-state index contributed by atoms with van der Waals surface area (Å²) in [5.41, 5.74) is 7.58. The van der Waals surface area contributed by atoms with Crippen LogP contribution in [0.15, 0.2) is 30.3 Å². The minimum Gasteiger partial charge on any atom is -0.379 e. The van der Waals surface area contributed by atoms with E-state index < -0.39 is 0 Å². The second-order valence-corrected chi connectivity index (χ2v) is 5.19. The molecule has 1 saturated carbocycles. The van der Waals surface area contributed by atoms with Gasteiger partial charge in [-0.3, -0.25) is 0 Å².